The normalized spacial score (nSPS) is 12.1. The fourth-order valence-electron chi connectivity index (χ4n) is 4.17. The van der Waals surface area contributed by atoms with Crippen LogP contribution in [0.4, 0.5) is 5.69 Å². The molecule has 2 amide bonds. The molecule has 0 radical (unpaired) electrons. The fraction of sp³-hybridized carbons (Fsp3) is 0.355. The number of anilines is 1. The zero-order valence-corrected chi connectivity index (χ0v) is 24.9. The van der Waals surface area contributed by atoms with Gasteiger partial charge in [0.2, 0.25) is 11.8 Å². The highest BCUT2D eigenvalue weighted by Gasteiger charge is 2.33. The summed E-state index contributed by atoms with van der Waals surface area (Å²) in [5, 5.41) is 2.86. The molecule has 0 aliphatic carbocycles. The van der Waals surface area contributed by atoms with Gasteiger partial charge in [0.05, 0.1) is 17.2 Å². The van der Waals surface area contributed by atoms with Crippen molar-refractivity contribution in [3.63, 3.8) is 0 Å². The molecule has 1 unspecified atom stereocenters. The van der Waals surface area contributed by atoms with Crippen molar-refractivity contribution < 1.29 is 22.7 Å². The Morgan fingerprint density at radius 3 is 2.02 bits per heavy atom. The van der Waals surface area contributed by atoms with E-state index in [9.17, 15) is 18.0 Å². The molecule has 3 rings (SSSR count). The van der Waals surface area contributed by atoms with E-state index in [1.165, 1.54) is 17.0 Å². The zero-order valence-electron chi connectivity index (χ0n) is 24.0. The number of hydrogen-bond donors (Lipinski definition) is 1. The predicted molar refractivity (Wildman–Crippen MR) is 158 cm³/mol. The molecule has 0 aliphatic rings. The molecule has 0 bridgehead atoms. The van der Waals surface area contributed by atoms with E-state index in [0.717, 1.165) is 21.0 Å². The Hall–Kier alpha value is -3.85. The number of ether oxygens (including phenoxy) is 1. The summed E-state index contributed by atoms with van der Waals surface area (Å²) in [5.74, 6) is -0.503. The number of sulfonamides is 1. The number of rotatable bonds is 12. The Morgan fingerprint density at radius 1 is 0.875 bits per heavy atom. The Morgan fingerprint density at radius 2 is 1.45 bits per heavy atom. The van der Waals surface area contributed by atoms with E-state index < -0.39 is 28.5 Å². The smallest absolute Gasteiger partial charge is 0.264 e. The van der Waals surface area contributed by atoms with E-state index in [-0.39, 0.29) is 29.1 Å². The zero-order chi connectivity index (χ0) is 29.4. The Bertz CT molecular complexity index is 1400. The predicted octanol–water partition coefficient (Wildman–Crippen LogP) is 4.84. The third-order valence-electron chi connectivity index (χ3n) is 6.39. The van der Waals surface area contributed by atoms with Crippen molar-refractivity contribution in [1.29, 1.82) is 0 Å². The molecule has 9 heteroatoms. The van der Waals surface area contributed by atoms with Crippen molar-refractivity contribution in [1.82, 2.24) is 10.2 Å². The molecule has 0 fully saturated rings. The summed E-state index contributed by atoms with van der Waals surface area (Å²) in [6, 6.07) is 19.9. The van der Waals surface area contributed by atoms with Crippen LogP contribution in [-0.2, 0) is 26.2 Å². The lowest BCUT2D eigenvalue weighted by molar-refractivity contribution is -0.139. The number of carbonyl (C=O) groups excluding carboxylic acids is 2. The highest BCUT2D eigenvalue weighted by atomic mass is 32.2. The van der Waals surface area contributed by atoms with Crippen LogP contribution in [0.2, 0.25) is 0 Å². The first-order valence-electron chi connectivity index (χ1n) is 13.4. The quantitative estimate of drug-likeness (QED) is 0.339. The van der Waals surface area contributed by atoms with Gasteiger partial charge < -0.3 is 15.0 Å². The van der Waals surface area contributed by atoms with Crippen molar-refractivity contribution in [3.8, 4) is 5.75 Å². The van der Waals surface area contributed by atoms with Gasteiger partial charge in [0.25, 0.3) is 10.0 Å². The molecular weight excluding hydrogens is 526 g/mol. The van der Waals surface area contributed by atoms with E-state index in [1.54, 1.807) is 50.2 Å². The minimum absolute atomic E-state index is 0.0490. The van der Waals surface area contributed by atoms with E-state index in [4.69, 9.17) is 4.74 Å². The summed E-state index contributed by atoms with van der Waals surface area (Å²) in [6.07, 6.45) is 0. The second kappa shape index (κ2) is 13.5. The van der Waals surface area contributed by atoms with Gasteiger partial charge in [-0.25, -0.2) is 8.42 Å². The molecule has 1 atom stereocenters. The van der Waals surface area contributed by atoms with Crippen LogP contribution in [0.1, 0.15) is 44.4 Å². The van der Waals surface area contributed by atoms with Crippen molar-refractivity contribution in [3.05, 3.63) is 89.5 Å². The maximum Gasteiger partial charge on any atom is 0.264 e. The number of amides is 2. The van der Waals surface area contributed by atoms with Crippen LogP contribution in [0.3, 0.4) is 0 Å². The maximum atomic E-state index is 14.0. The molecule has 3 aromatic carbocycles. The molecule has 0 aliphatic heterocycles. The molecule has 214 valence electrons. The molecule has 40 heavy (non-hydrogen) atoms. The van der Waals surface area contributed by atoms with Crippen LogP contribution < -0.4 is 14.4 Å². The van der Waals surface area contributed by atoms with Crippen LogP contribution in [0.15, 0.2) is 77.7 Å². The SMILES string of the molecule is CCOc1ccccc1N(CC(=O)N(Cc1ccc(C)cc1)C(C)C(=O)NC(C)C)S(=O)(=O)c1ccc(C)cc1. The summed E-state index contributed by atoms with van der Waals surface area (Å²) in [6.45, 7) is 10.9. The lowest BCUT2D eigenvalue weighted by atomic mass is 10.1. The summed E-state index contributed by atoms with van der Waals surface area (Å²) in [7, 11) is -4.18. The van der Waals surface area contributed by atoms with Crippen LogP contribution >= 0.6 is 0 Å². The van der Waals surface area contributed by atoms with Gasteiger partial charge in [-0.1, -0.05) is 59.7 Å². The topological polar surface area (TPSA) is 96.0 Å². The second-order valence-electron chi connectivity index (χ2n) is 10.1. The first-order chi connectivity index (χ1) is 18.9. The first kappa shape index (κ1) is 30.7. The minimum atomic E-state index is -4.18. The third-order valence-corrected chi connectivity index (χ3v) is 8.17. The third kappa shape index (κ3) is 7.63. The van der Waals surface area contributed by atoms with Gasteiger partial charge in [-0.05, 0) is 71.4 Å². The van der Waals surface area contributed by atoms with Crippen LogP contribution in [0, 0.1) is 13.8 Å². The molecule has 0 saturated heterocycles. The summed E-state index contributed by atoms with van der Waals surface area (Å²) >= 11 is 0. The molecule has 1 N–H and O–H groups in total. The average Bonchev–Trinajstić information content (AvgIpc) is 2.91. The van der Waals surface area contributed by atoms with Crippen LogP contribution in [-0.4, -0.2) is 50.4 Å². The minimum Gasteiger partial charge on any atom is -0.492 e. The Labute approximate surface area is 238 Å². The van der Waals surface area contributed by atoms with Gasteiger partial charge >= 0.3 is 0 Å². The first-order valence-corrected chi connectivity index (χ1v) is 14.8. The van der Waals surface area contributed by atoms with Gasteiger partial charge in [-0.3, -0.25) is 13.9 Å². The molecule has 0 saturated carbocycles. The van der Waals surface area contributed by atoms with E-state index in [0.29, 0.717) is 12.4 Å². The van der Waals surface area contributed by atoms with Gasteiger partial charge in [-0.15, -0.1) is 0 Å². The van der Waals surface area contributed by atoms with Crippen molar-refractivity contribution >= 4 is 27.5 Å². The lowest BCUT2D eigenvalue weighted by Gasteiger charge is -2.32. The van der Waals surface area contributed by atoms with Crippen molar-refractivity contribution in [2.45, 2.75) is 65.1 Å². The number of nitrogens with zero attached hydrogens (tertiary/aromatic N) is 2. The summed E-state index contributed by atoms with van der Waals surface area (Å²) < 4.78 is 34.9. The second-order valence-corrected chi connectivity index (χ2v) is 11.9. The Kier molecular flexibility index (Phi) is 10.3. The fourth-order valence-corrected chi connectivity index (χ4v) is 5.59. The van der Waals surface area contributed by atoms with Gasteiger partial charge in [-0.2, -0.15) is 0 Å². The number of benzene rings is 3. The van der Waals surface area contributed by atoms with E-state index in [1.807, 2.05) is 52.0 Å². The van der Waals surface area contributed by atoms with Crippen LogP contribution in [0.5, 0.6) is 5.75 Å². The lowest BCUT2D eigenvalue weighted by Crippen LogP contribution is -2.52. The monoisotopic (exact) mass is 565 g/mol. The molecule has 0 spiro atoms. The molecule has 8 nitrogen and oxygen atoms in total. The highest BCUT2D eigenvalue weighted by molar-refractivity contribution is 7.92. The number of hydrogen-bond acceptors (Lipinski definition) is 5. The van der Waals surface area contributed by atoms with Gasteiger partial charge in [0, 0.05) is 12.6 Å². The number of carbonyl (C=O) groups is 2. The van der Waals surface area contributed by atoms with E-state index in [2.05, 4.69) is 5.32 Å². The molecular formula is C31H39N3O5S. The van der Waals surface area contributed by atoms with Crippen molar-refractivity contribution in [2.75, 3.05) is 17.5 Å². The van der Waals surface area contributed by atoms with Crippen LogP contribution in [0.25, 0.3) is 0 Å². The van der Waals surface area contributed by atoms with Crippen molar-refractivity contribution in [2.24, 2.45) is 0 Å². The summed E-state index contributed by atoms with van der Waals surface area (Å²) in [4.78, 5) is 28.5. The van der Waals surface area contributed by atoms with Gasteiger partial charge in [0.1, 0.15) is 18.3 Å². The summed E-state index contributed by atoms with van der Waals surface area (Å²) in [5.41, 5.74) is 3.04. The number of para-hydroxylation sites is 2. The average molecular weight is 566 g/mol. The van der Waals surface area contributed by atoms with Gasteiger partial charge in [0.15, 0.2) is 0 Å². The maximum absolute atomic E-state index is 14.0. The molecule has 0 heterocycles. The standard InChI is InChI=1S/C31H39N3O5S/c1-7-39-29-11-9-8-10-28(29)34(40(37,38)27-18-14-24(5)15-19-27)21-30(35)33(25(6)31(36)32-22(2)3)20-26-16-12-23(4)13-17-26/h8-19,22,25H,7,20-21H2,1-6H3,(H,32,36). The molecule has 0 aromatic heterocycles. The molecule has 3 aromatic rings. The highest BCUT2D eigenvalue weighted by Crippen LogP contribution is 2.33. The number of aryl methyl sites for hydroxylation is 2. The van der Waals surface area contributed by atoms with E-state index >= 15 is 0 Å². The Balaban J connectivity index is 2.08. The largest absolute Gasteiger partial charge is 0.492 e. The number of nitrogens with one attached hydrogen (secondary N) is 1.